The third-order valence-electron chi connectivity index (χ3n) is 4.12. The number of hydrogen-bond donors (Lipinski definition) is 1. The van der Waals surface area contributed by atoms with Gasteiger partial charge in [0.05, 0.1) is 6.61 Å². The summed E-state index contributed by atoms with van der Waals surface area (Å²) in [7, 11) is 0. The Hall–Kier alpha value is -0.0800. The molecule has 0 aromatic heterocycles. The minimum absolute atomic E-state index is 0.632. The number of ether oxygens (including phenoxy) is 1. The fourth-order valence-electron chi connectivity index (χ4n) is 2.82. The molecule has 1 rings (SSSR count). The molecule has 1 heterocycles. The molecule has 2 heteroatoms. The van der Waals surface area contributed by atoms with Crippen molar-refractivity contribution in [2.75, 3.05) is 19.8 Å². The summed E-state index contributed by atoms with van der Waals surface area (Å²) in [6, 6.07) is 0.632. The van der Waals surface area contributed by atoms with Crippen LogP contribution in [0.15, 0.2) is 0 Å². The van der Waals surface area contributed by atoms with Gasteiger partial charge in [-0.15, -0.1) is 0 Å². The monoisotopic (exact) mass is 269 g/mol. The van der Waals surface area contributed by atoms with Crippen molar-refractivity contribution < 1.29 is 4.74 Å². The Balaban J connectivity index is 1.71. The Labute approximate surface area is 120 Å². The van der Waals surface area contributed by atoms with Crippen LogP contribution in [0.5, 0.6) is 0 Å². The number of unbranched alkanes of at least 4 members (excludes halogenated alkanes) is 9. The molecule has 1 aliphatic rings. The molecule has 19 heavy (non-hydrogen) atoms. The molecule has 0 saturated carbocycles. The zero-order valence-corrected chi connectivity index (χ0v) is 13.1. The van der Waals surface area contributed by atoms with E-state index >= 15 is 0 Å². The first-order valence-corrected chi connectivity index (χ1v) is 8.74. The van der Waals surface area contributed by atoms with Crippen molar-refractivity contribution in [2.45, 2.75) is 90.0 Å². The van der Waals surface area contributed by atoms with E-state index in [1.165, 1.54) is 83.6 Å². The predicted octanol–water partition coefficient (Wildman–Crippen LogP) is 4.68. The van der Waals surface area contributed by atoms with E-state index in [-0.39, 0.29) is 0 Å². The lowest BCUT2D eigenvalue weighted by Gasteiger charge is -2.23. The second-order valence-corrected chi connectivity index (χ2v) is 6.05. The Morgan fingerprint density at radius 2 is 1.53 bits per heavy atom. The van der Waals surface area contributed by atoms with E-state index in [1.807, 2.05) is 0 Å². The highest BCUT2D eigenvalue weighted by atomic mass is 16.5. The summed E-state index contributed by atoms with van der Waals surface area (Å²) in [6.45, 7) is 5.37. The van der Waals surface area contributed by atoms with Crippen molar-refractivity contribution in [1.29, 1.82) is 0 Å². The second-order valence-electron chi connectivity index (χ2n) is 6.05. The first-order valence-electron chi connectivity index (χ1n) is 8.74. The molecular weight excluding hydrogens is 234 g/mol. The molecule has 1 aliphatic heterocycles. The van der Waals surface area contributed by atoms with Crippen molar-refractivity contribution in [3.8, 4) is 0 Å². The van der Waals surface area contributed by atoms with E-state index in [4.69, 9.17) is 4.74 Å². The Bertz CT molecular complexity index is 178. The van der Waals surface area contributed by atoms with Gasteiger partial charge in [-0.25, -0.2) is 0 Å². The molecule has 0 aromatic rings. The Morgan fingerprint density at radius 3 is 2.11 bits per heavy atom. The van der Waals surface area contributed by atoms with E-state index in [9.17, 15) is 0 Å². The first kappa shape index (κ1) is 17.0. The predicted molar refractivity (Wildman–Crippen MR) is 83.7 cm³/mol. The van der Waals surface area contributed by atoms with Crippen LogP contribution >= 0.6 is 0 Å². The summed E-state index contributed by atoms with van der Waals surface area (Å²) >= 11 is 0. The molecule has 1 unspecified atom stereocenters. The molecular formula is C17H35NO. The van der Waals surface area contributed by atoms with Crippen LogP contribution in [0.3, 0.4) is 0 Å². The summed E-state index contributed by atoms with van der Waals surface area (Å²) < 4.78 is 5.47. The third kappa shape index (κ3) is 10.4. The molecule has 0 amide bonds. The highest BCUT2D eigenvalue weighted by Crippen LogP contribution is 2.10. The fourth-order valence-corrected chi connectivity index (χ4v) is 2.82. The van der Waals surface area contributed by atoms with Crippen LogP contribution in [0, 0.1) is 0 Å². The fraction of sp³-hybridized carbons (Fsp3) is 1.00. The summed E-state index contributed by atoms with van der Waals surface area (Å²) in [6.07, 6.45) is 16.7. The van der Waals surface area contributed by atoms with E-state index in [0.717, 1.165) is 13.2 Å². The minimum atomic E-state index is 0.632. The van der Waals surface area contributed by atoms with Gasteiger partial charge in [-0.3, -0.25) is 0 Å². The normalized spacial score (nSPS) is 19.7. The molecule has 0 bridgehead atoms. The van der Waals surface area contributed by atoms with Gasteiger partial charge < -0.3 is 10.1 Å². The number of hydrogen-bond acceptors (Lipinski definition) is 2. The van der Waals surface area contributed by atoms with Gasteiger partial charge >= 0.3 is 0 Å². The van der Waals surface area contributed by atoms with Crippen LogP contribution in [0.25, 0.3) is 0 Å². The quantitative estimate of drug-likeness (QED) is 0.520. The molecule has 2 nitrogen and oxygen atoms in total. The van der Waals surface area contributed by atoms with Crippen LogP contribution in [-0.4, -0.2) is 25.8 Å². The first-order chi connectivity index (χ1) is 9.43. The van der Waals surface area contributed by atoms with Crippen LogP contribution in [0.1, 0.15) is 84.0 Å². The van der Waals surface area contributed by atoms with Gasteiger partial charge in [0.25, 0.3) is 0 Å². The average molecular weight is 269 g/mol. The van der Waals surface area contributed by atoms with Gasteiger partial charge in [-0.1, -0.05) is 64.7 Å². The highest BCUT2D eigenvalue weighted by molar-refractivity contribution is 4.69. The van der Waals surface area contributed by atoms with Gasteiger partial charge in [0.15, 0.2) is 0 Å². The summed E-state index contributed by atoms with van der Waals surface area (Å²) in [5, 5.41) is 3.62. The third-order valence-corrected chi connectivity index (χ3v) is 4.12. The zero-order valence-electron chi connectivity index (χ0n) is 13.1. The number of rotatable bonds is 12. The van der Waals surface area contributed by atoms with Gasteiger partial charge in [0.2, 0.25) is 0 Å². The zero-order chi connectivity index (χ0) is 13.6. The number of nitrogens with one attached hydrogen (secondary N) is 1. The Kier molecular flexibility index (Phi) is 11.5. The second kappa shape index (κ2) is 12.9. The van der Waals surface area contributed by atoms with E-state index in [1.54, 1.807) is 0 Å². The van der Waals surface area contributed by atoms with Crippen LogP contribution in [-0.2, 0) is 4.74 Å². The van der Waals surface area contributed by atoms with E-state index in [2.05, 4.69) is 12.2 Å². The lowest BCUT2D eigenvalue weighted by atomic mass is 10.1. The van der Waals surface area contributed by atoms with Crippen molar-refractivity contribution in [2.24, 2.45) is 0 Å². The topological polar surface area (TPSA) is 21.3 Å². The van der Waals surface area contributed by atoms with Gasteiger partial charge in [0.1, 0.15) is 0 Å². The van der Waals surface area contributed by atoms with E-state index in [0.29, 0.717) is 6.04 Å². The maximum absolute atomic E-state index is 5.47. The summed E-state index contributed by atoms with van der Waals surface area (Å²) in [5.41, 5.74) is 0. The standard InChI is InChI=1S/C17H35NO/c1-2-3-4-5-6-7-8-9-10-11-14-18-17-13-12-15-19-16-17/h17-18H,2-16H2,1H3. The van der Waals surface area contributed by atoms with Gasteiger partial charge in [0, 0.05) is 12.6 Å². The van der Waals surface area contributed by atoms with Crippen LogP contribution in [0.4, 0.5) is 0 Å². The molecule has 0 aliphatic carbocycles. The summed E-state index contributed by atoms with van der Waals surface area (Å²) in [5.74, 6) is 0. The van der Waals surface area contributed by atoms with Crippen molar-refractivity contribution >= 4 is 0 Å². The smallest absolute Gasteiger partial charge is 0.0619 e. The van der Waals surface area contributed by atoms with Crippen LogP contribution < -0.4 is 5.32 Å². The Morgan fingerprint density at radius 1 is 0.895 bits per heavy atom. The molecule has 1 saturated heterocycles. The molecule has 1 atom stereocenters. The lowest BCUT2D eigenvalue weighted by molar-refractivity contribution is 0.0704. The molecule has 1 N–H and O–H groups in total. The SMILES string of the molecule is CCCCCCCCCCCCNC1CCCOC1. The van der Waals surface area contributed by atoms with Gasteiger partial charge in [-0.2, -0.15) is 0 Å². The lowest BCUT2D eigenvalue weighted by Crippen LogP contribution is -2.37. The van der Waals surface area contributed by atoms with Gasteiger partial charge in [-0.05, 0) is 25.8 Å². The highest BCUT2D eigenvalue weighted by Gasteiger charge is 2.11. The molecule has 0 radical (unpaired) electrons. The molecule has 114 valence electrons. The largest absolute Gasteiger partial charge is 0.380 e. The summed E-state index contributed by atoms with van der Waals surface area (Å²) in [4.78, 5) is 0. The maximum atomic E-state index is 5.47. The molecule has 1 fully saturated rings. The minimum Gasteiger partial charge on any atom is -0.380 e. The molecule has 0 aromatic carbocycles. The van der Waals surface area contributed by atoms with E-state index < -0.39 is 0 Å². The van der Waals surface area contributed by atoms with Crippen molar-refractivity contribution in [3.05, 3.63) is 0 Å². The van der Waals surface area contributed by atoms with Crippen molar-refractivity contribution in [1.82, 2.24) is 5.32 Å². The molecule has 0 spiro atoms. The van der Waals surface area contributed by atoms with Crippen molar-refractivity contribution in [3.63, 3.8) is 0 Å². The average Bonchev–Trinajstić information content (AvgIpc) is 2.46. The maximum Gasteiger partial charge on any atom is 0.0619 e. The van der Waals surface area contributed by atoms with Crippen LogP contribution in [0.2, 0.25) is 0 Å².